The largest absolute Gasteiger partial charge is 0.497 e. The first-order chi connectivity index (χ1) is 6.86. The highest BCUT2D eigenvalue weighted by Crippen LogP contribution is 2.32. The van der Waals surface area contributed by atoms with Crippen molar-refractivity contribution in [3.8, 4) is 0 Å². The van der Waals surface area contributed by atoms with Gasteiger partial charge in [0.25, 0.3) is 0 Å². The number of hydrogen-bond acceptors (Lipinski definition) is 3. The number of ether oxygens (including phenoxy) is 1. The lowest BCUT2D eigenvalue weighted by atomic mass is 10.1. The van der Waals surface area contributed by atoms with E-state index in [1.807, 2.05) is 0 Å². The quantitative estimate of drug-likeness (QED) is 0.692. The summed E-state index contributed by atoms with van der Waals surface area (Å²) >= 11 is 0. The lowest BCUT2D eigenvalue weighted by Gasteiger charge is -2.20. The Labute approximate surface area is 85.1 Å². The maximum atomic E-state index is 9.60. The second-order valence-corrected chi connectivity index (χ2v) is 4.27. The molecule has 0 bridgehead atoms. The maximum Gasteiger partial charge on any atom is 0.110 e. The van der Waals surface area contributed by atoms with E-state index in [0.29, 0.717) is 18.6 Å². The average Bonchev–Trinajstić information content (AvgIpc) is 3.02. The van der Waals surface area contributed by atoms with Gasteiger partial charge in [-0.3, -0.25) is 0 Å². The van der Waals surface area contributed by atoms with Gasteiger partial charge in [-0.05, 0) is 37.7 Å². The monoisotopic (exact) mass is 197 g/mol. The first-order valence-corrected chi connectivity index (χ1v) is 5.55. The number of allylic oxidation sites excluding steroid dienone is 1. The van der Waals surface area contributed by atoms with Crippen LogP contribution in [0.15, 0.2) is 12.3 Å². The summed E-state index contributed by atoms with van der Waals surface area (Å²) in [6.45, 7) is 1.57. The third-order valence-electron chi connectivity index (χ3n) is 2.91. The molecule has 0 aromatic heterocycles. The van der Waals surface area contributed by atoms with Crippen LogP contribution in [-0.2, 0) is 4.74 Å². The van der Waals surface area contributed by atoms with Gasteiger partial charge in [0.05, 0.1) is 12.4 Å². The van der Waals surface area contributed by atoms with E-state index in [4.69, 9.17) is 4.74 Å². The molecule has 1 heterocycles. The van der Waals surface area contributed by atoms with Crippen LogP contribution < -0.4 is 5.32 Å². The molecule has 1 aliphatic carbocycles. The second-order valence-electron chi connectivity index (χ2n) is 4.27. The molecule has 1 fully saturated rings. The Balaban J connectivity index is 1.55. The van der Waals surface area contributed by atoms with Crippen LogP contribution in [0, 0.1) is 5.92 Å². The number of aliphatic hydroxyl groups is 1. The molecule has 0 aromatic carbocycles. The summed E-state index contributed by atoms with van der Waals surface area (Å²) in [5, 5.41) is 12.9. The predicted molar refractivity (Wildman–Crippen MR) is 54.8 cm³/mol. The van der Waals surface area contributed by atoms with Crippen LogP contribution in [0.2, 0.25) is 0 Å². The molecule has 2 atom stereocenters. The van der Waals surface area contributed by atoms with Crippen LogP contribution in [0.5, 0.6) is 0 Å². The molecule has 80 valence electrons. The van der Waals surface area contributed by atoms with E-state index >= 15 is 0 Å². The van der Waals surface area contributed by atoms with E-state index in [2.05, 4.69) is 11.4 Å². The van der Waals surface area contributed by atoms with Gasteiger partial charge in [0, 0.05) is 13.1 Å². The Kier molecular flexibility index (Phi) is 3.43. The van der Waals surface area contributed by atoms with E-state index in [-0.39, 0.29) is 6.10 Å². The summed E-state index contributed by atoms with van der Waals surface area (Å²) in [6.07, 6.45) is 8.58. The van der Waals surface area contributed by atoms with E-state index in [9.17, 15) is 5.11 Å². The standard InChI is InChI=1S/C11H19NO2/c13-11(9-4-5-9)8-12-7-10-3-1-2-6-14-10/h2,6,9-13H,1,3-5,7-8H2. The third-order valence-corrected chi connectivity index (χ3v) is 2.91. The first kappa shape index (κ1) is 9.99. The zero-order valence-electron chi connectivity index (χ0n) is 8.48. The molecule has 1 saturated carbocycles. The van der Waals surface area contributed by atoms with Crippen LogP contribution in [0.3, 0.4) is 0 Å². The Hall–Kier alpha value is -0.540. The van der Waals surface area contributed by atoms with E-state index in [1.54, 1.807) is 6.26 Å². The molecule has 3 heteroatoms. The molecule has 1 aliphatic heterocycles. The van der Waals surface area contributed by atoms with Crippen molar-refractivity contribution in [3.63, 3.8) is 0 Å². The summed E-state index contributed by atoms with van der Waals surface area (Å²) in [5.41, 5.74) is 0. The second kappa shape index (κ2) is 4.80. The Morgan fingerprint density at radius 1 is 1.43 bits per heavy atom. The molecule has 0 amide bonds. The topological polar surface area (TPSA) is 41.5 Å². The smallest absolute Gasteiger partial charge is 0.110 e. The maximum absolute atomic E-state index is 9.60. The average molecular weight is 197 g/mol. The minimum Gasteiger partial charge on any atom is -0.497 e. The van der Waals surface area contributed by atoms with Crippen molar-refractivity contribution in [2.75, 3.05) is 13.1 Å². The fraction of sp³-hybridized carbons (Fsp3) is 0.818. The first-order valence-electron chi connectivity index (χ1n) is 5.55. The highest BCUT2D eigenvalue weighted by Gasteiger charge is 2.29. The fourth-order valence-corrected chi connectivity index (χ4v) is 1.77. The Morgan fingerprint density at radius 2 is 2.29 bits per heavy atom. The van der Waals surface area contributed by atoms with E-state index in [1.165, 1.54) is 12.8 Å². The molecule has 0 radical (unpaired) electrons. The minimum atomic E-state index is -0.144. The molecule has 0 spiro atoms. The molecule has 2 N–H and O–H groups in total. The van der Waals surface area contributed by atoms with Crippen molar-refractivity contribution in [1.29, 1.82) is 0 Å². The molecule has 0 saturated heterocycles. The third kappa shape index (κ3) is 3.00. The molecule has 0 aromatic rings. The van der Waals surface area contributed by atoms with Crippen molar-refractivity contribution in [2.45, 2.75) is 37.9 Å². The molecule has 2 unspecified atom stereocenters. The van der Waals surface area contributed by atoms with Gasteiger partial charge in [0.1, 0.15) is 6.10 Å². The number of hydrogen-bond donors (Lipinski definition) is 2. The summed E-state index contributed by atoms with van der Waals surface area (Å²) < 4.78 is 5.41. The molecule has 14 heavy (non-hydrogen) atoms. The van der Waals surface area contributed by atoms with Gasteiger partial charge < -0.3 is 15.2 Å². The van der Waals surface area contributed by atoms with Crippen LogP contribution in [-0.4, -0.2) is 30.4 Å². The van der Waals surface area contributed by atoms with Gasteiger partial charge >= 0.3 is 0 Å². The number of rotatable bonds is 5. The predicted octanol–water partition coefficient (Wildman–Crippen LogP) is 1.04. The van der Waals surface area contributed by atoms with Crippen molar-refractivity contribution < 1.29 is 9.84 Å². The lowest BCUT2D eigenvalue weighted by Crippen LogP contribution is -2.35. The Bertz CT molecular complexity index is 201. The molecule has 2 aliphatic rings. The van der Waals surface area contributed by atoms with Gasteiger partial charge in [0.15, 0.2) is 0 Å². The SMILES string of the molecule is OC(CNCC1CCC=CO1)C1CC1. The van der Waals surface area contributed by atoms with Gasteiger partial charge in [-0.15, -0.1) is 0 Å². The summed E-state index contributed by atoms with van der Waals surface area (Å²) in [4.78, 5) is 0. The summed E-state index contributed by atoms with van der Waals surface area (Å²) in [7, 11) is 0. The van der Waals surface area contributed by atoms with Gasteiger partial charge in [-0.25, -0.2) is 0 Å². The number of nitrogens with one attached hydrogen (secondary N) is 1. The van der Waals surface area contributed by atoms with E-state index < -0.39 is 0 Å². The fourth-order valence-electron chi connectivity index (χ4n) is 1.77. The van der Waals surface area contributed by atoms with Crippen LogP contribution in [0.25, 0.3) is 0 Å². The molecular weight excluding hydrogens is 178 g/mol. The van der Waals surface area contributed by atoms with Crippen molar-refractivity contribution in [2.24, 2.45) is 5.92 Å². The highest BCUT2D eigenvalue weighted by atomic mass is 16.5. The molecule has 3 nitrogen and oxygen atoms in total. The van der Waals surface area contributed by atoms with Gasteiger partial charge in [-0.2, -0.15) is 0 Å². The van der Waals surface area contributed by atoms with E-state index in [0.717, 1.165) is 19.4 Å². The van der Waals surface area contributed by atoms with Crippen molar-refractivity contribution in [3.05, 3.63) is 12.3 Å². The minimum absolute atomic E-state index is 0.144. The van der Waals surface area contributed by atoms with Crippen LogP contribution in [0.1, 0.15) is 25.7 Å². The van der Waals surface area contributed by atoms with Crippen molar-refractivity contribution >= 4 is 0 Å². The zero-order valence-corrected chi connectivity index (χ0v) is 8.48. The zero-order chi connectivity index (χ0) is 9.80. The van der Waals surface area contributed by atoms with Gasteiger partial charge in [0.2, 0.25) is 0 Å². The number of aliphatic hydroxyl groups excluding tert-OH is 1. The lowest BCUT2D eigenvalue weighted by molar-refractivity contribution is 0.108. The molecular formula is C11H19NO2. The van der Waals surface area contributed by atoms with Crippen LogP contribution >= 0.6 is 0 Å². The normalized spacial score (nSPS) is 28.5. The van der Waals surface area contributed by atoms with Crippen molar-refractivity contribution in [1.82, 2.24) is 5.32 Å². The summed E-state index contributed by atoms with van der Waals surface area (Å²) in [6, 6.07) is 0. The summed E-state index contributed by atoms with van der Waals surface area (Å²) in [5.74, 6) is 0.565. The molecule has 2 rings (SSSR count). The van der Waals surface area contributed by atoms with Crippen LogP contribution in [0.4, 0.5) is 0 Å². The highest BCUT2D eigenvalue weighted by molar-refractivity contribution is 4.85. The Morgan fingerprint density at radius 3 is 2.93 bits per heavy atom. The van der Waals surface area contributed by atoms with Gasteiger partial charge in [-0.1, -0.05) is 0 Å².